The van der Waals surface area contributed by atoms with Crippen LogP contribution in [0.5, 0.6) is 0 Å². The molecule has 3 unspecified atom stereocenters. The summed E-state index contributed by atoms with van der Waals surface area (Å²) >= 11 is 0. The van der Waals surface area contributed by atoms with Crippen molar-refractivity contribution in [2.75, 3.05) is 40.3 Å². The Kier molecular flexibility index (Phi) is 6.45. The lowest BCUT2D eigenvalue weighted by molar-refractivity contribution is 0.225. The lowest BCUT2D eigenvalue weighted by Crippen LogP contribution is -2.45. The monoisotopic (exact) mass is 241 g/mol. The van der Waals surface area contributed by atoms with Gasteiger partial charge in [0.1, 0.15) is 0 Å². The normalized spacial score (nSPS) is 25.4. The minimum atomic E-state index is 0.658. The number of nitrogens with one attached hydrogen (secondary N) is 1. The van der Waals surface area contributed by atoms with Crippen LogP contribution in [0.4, 0.5) is 0 Å². The summed E-state index contributed by atoms with van der Waals surface area (Å²) in [6, 6.07) is 1.42. The number of likely N-dealkylation sites (N-methyl/N-ethyl adjacent to an activating group) is 2. The SMILES string of the molecule is CCNC(CN1CCC(N(C)C)C1)C(C)CC. The second-order valence-electron chi connectivity index (χ2n) is 5.72. The van der Waals surface area contributed by atoms with E-state index in [-0.39, 0.29) is 0 Å². The molecule has 102 valence electrons. The minimum Gasteiger partial charge on any atom is -0.313 e. The molecule has 1 fully saturated rings. The van der Waals surface area contributed by atoms with Crippen LogP contribution in [0.15, 0.2) is 0 Å². The Bertz CT molecular complexity index is 206. The van der Waals surface area contributed by atoms with Crippen molar-refractivity contribution in [3.63, 3.8) is 0 Å². The molecule has 1 aliphatic heterocycles. The van der Waals surface area contributed by atoms with E-state index in [9.17, 15) is 0 Å². The molecule has 3 atom stereocenters. The van der Waals surface area contributed by atoms with Gasteiger partial charge in [0.2, 0.25) is 0 Å². The summed E-state index contributed by atoms with van der Waals surface area (Å²) in [5, 5.41) is 3.65. The first-order valence-corrected chi connectivity index (χ1v) is 7.20. The second kappa shape index (κ2) is 7.34. The summed E-state index contributed by atoms with van der Waals surface area (Å²) in [7, 11) is 4.40. The predicted molar refractivity (Wildman–Crippen MR) is 75.5 cm³/mol. The molecule has 0 aromatic rings. The lowest BCUT2D eigenvalue weighted by atomic mass is 9.98. The third kappa shape index (κ3) is 4.57. The topological polar surface area (TPSA) is 18.5 Å². The maximum atomic E-state index is 3.65. The smallest absolute Gasteiger partial charge is 0.0229 e. The zero-order chi connectivity index (χ0) is 12.8. The van der Waals surface area contributed by atoms with Gasteiger partial charge in [-0.05, 0) is 39.5 Å². The van der Waals surface area contributed by atoms with E-state index in [1.54, 1.807) is 0 Å². The van der Waals surface area contributed by atoms with Crippen molar-refractivity contribution in [3.05, 3.63) is 0 Å². The maximum absolute atomic E-state index is 3.65. The third-order valence-corrected chi connectivity index (χ3v) is 4.23. The highest BCUT2D eigenvalue weighted by molar-refractivity contribution is 4.85. The van der Waals surface area contributed by atoms with Gasteiger partial charge in [-0.25, -0.2) is 0 Å². The molecule has 0 saturated carbocycles. The summed E-state index contributed by atoms with van der Waals surface area (Å²) in [4.78, 5) is 5.00. The lowest BCUT2D eigenvalue weighted by Gasteiger charge is -2.29. The Balaban J connectivity index is 2.40. The van der Waals surface area contributed by atoms with Crippen LogP contribution in [0.2, 0.25) is 0 Å². The van der Waals surface area contributed by atoms with E-state index >= 15 is 0 Å². The molecule has 3 nitrogen and oxygen atoms in total. The Hall–Kier alpha value is -0.120. The average Bonchev–Trinajstić information content (AvgIpc) is 2.76. The third-order valence-electron chi connectivity index (χ3n) is 4.23. The summed E-state index contributed by atoms with van der Waals surface area (Å²) in [5.74, 6) is 0.772. The van der Waals surface area contributed by atoms with Crippen LogP contribution in [-0.2, 0) is 0 Å². The van der Waals surface area contributed by atoms with E-state index in [1.165, 1.54) is 32.5 Å². The fraction of sp³-hybridized carbons (Fsp3) is 1.00. The molecule has 0 aromatic heterocycles. The summed E-state index contributed by atoms with van der Waals surface area (Å²) in [5.41, 5.74) is 0. The molecule has 17 heavy (non-hydrogen) atoms. The van der Waals surface area contributed by atoms with Gasteiger partial charge >= 0.3 is 0 Å². The molecule has 0 aromatic carbocycles. The number of likely N-dealkylation sites (tertiary alicyclic amines) is 1. The van der Waals surface area contributed by atoms with Crippen molar-refractivity contribution < 1.29 is 0 Å². The van der Waals surface area contributed by atoms with Crippen molar-refractivity contribution in [1.29, 1.82) is 0 Å². The predicted octanol–water partition coefficient (Wildman–Crippen LogP) is 1.65. The first-order valence-electron chi connectivity index (χ1n) is 7.20. The fourth-order valence-electron chi connectivity index (χ4n) is 2.67. The summed E-state index contributed by atoms with van der Waals surface area (Å²) in [6.07, 6.45) is 2.59. The van der Waals surface area contributed by atoms with Gasteiger partial charge in [-0.2, -0.15) is 0 Å². The zero-order valence-electron chi connectivity index (χ0n) is 12.4. The maximum Gasteiger partial charge on any atom is 0.0229 e. The van der Waals surface area contributed by atoms with Crippen molar-refractivity contribution in [1.82, 2.24) is 15.1 Å². The Morgan fingerprint density at radius 3 is 2.53 bits per heavy atom. The molecular weight excluding hydrogens is 210 g/mol. The average molecular weight is 241 g/mol. The number of nitrogens with zero attached hydrogens (tertiary/aromatic N) is 2. The summed E-state index contributed by atoms with van der Waals surface area (Å²) < 4.78 is 0. The first-order chi connectivity index (χ1) is 8.08. The summed E-state index contributed by atoms with van der Waals surface area (Å²) in [6.45, 7) is 11.7. The van der Waals surface area contributed by atoms with Crippen LogP contribution in [0.1, 0.15) is 33.6 Å². The molecule has 1 heterocycles. The van der Waals surface area contributed by atoms with E-state index in [1.807, 2.05) is 0 Å². The van der Waals surface area contributed by atoms with Crippen molar-refractivity contribution in [2.24, 2.45) is 5.92 Å². The molecule has 1 N–H and O–H groups in total. The zero-order valence-corrected chi connectivity index (χ0v) is 12.4. The molecule has 0 bridgehead atoms. The largest absolute Gasteiger partial charge is 0.313 e. The standard InChI is InChI=1S/C14H31N3/c1-6-12(3)14(15-7-2)11-17-9-8-13(10-17)16(4)5/h12-15H,6-11H2,1-5H3. The van der Waals surface area contributed by atoms with E-state index < -0.39 is 0 Å². The quantitative estimate of drug-likeness (QED) is 0.731. The number of rotatable bonds is 7. The van der Waals surface area contributed by atoms with Gasteiger partial charge in [0.15, 0.2) is 0 Å². The van der Waals surface area contributed by atoms with Gasteiger partial charge in [-0.3, -0.25) is 0 Å². The van der Waals surface area contributed by atoms with Gasteiger partial charge in [0, 0.05) is 25.2 Å². The van der Waals surface area contributed by atoms with Crippen LogP contribution in [0, 0.1) is 5.92 Å². The van der Waals surface area contributed by atoms with Crippen LogP contribution in [-0.4, -0.2) is 62.2 Å². The highest BCUT2D eigenvalue weighted by Gasteiger charge is 2.26. The molecule has 0 spiro atoms. The van der Waals surface area contributed by atoms with Crippen LogP contribution in [0.25, 0.3) is 0 Å². The molecule has 1 saturated heterocycles. The number of hydrogen-bond donors (Lipinski definition) is 1. The van der Waals surface area contributed by atoms with Gasteiger partial charge in [-0.15, -0.1) is 0 Å². The van der Waals surface area contributed by atoms with E-state index in [0.717, 1.165) is 18.5 Å². The number of hydrogen-bond acceptors (Lipinski definition) is 3. The highest BCUT2D eigenvalue weighted by atomic mass is 15.2. The van der Waals surface area contributed by atoms with Crippen molar-refractivity contribution in [3.8, 4) is 0 Å². The fourth-order valence-corrected chi connectivity index (χ4v) is 2.67. The Morgan fingerprint density at radius 2 is 2.06 bits per heavy atom. The van der Waals surface area contributed by atoms with Crippen LogP contribution in [0.3, 0.4) is 0 Å². The second-order valence-corrected chi connectivity index (χ2v) is 5.72. The molecule has 3 heteroatoms. The molecule has 0 aliphatic carbocycles. The molecular formula is C14H31N3. The molecule has 1 rings (SSSR count). The molecule has 0 amide bonds. The van der Waals surface area contributed by atoms with Crippen LogP contribution < -0.4 is 5.32 Å². The van der Waals surface area contributed by atoms with Gasteiger partial charge in [0.05, 0.1) is 0 Å². The van der Waals surface area contributed by atoms with Crippen molar-refractivity contribution in [2.45, 2.75) is 45.7 Å². The van der Waals surface area contributed by atoms with Gasteiger partial charge in [0.25, 0.3) is 0 Å². The van der Waals surface area contributed by atoms with Gasteiger partial charge in [-0.1, -0.05) is 27.2 Å². The molecule has 1 aliphatic rings. The Morgan fingerprint density at radius 1 is 1.35 bits per heavy atom. The van der Waals surface area contributed by atoms with Crippen molar-refractivity contribution >= 4 is 0 Å². The van der Waals surface area contributed by atoms with Crippen LogP contribution >= 0.6 is 0 Å². The minimum absolute atomic E-state index is 0.658. The van der Waals surface area contributed by atoms with E-state index in [4.69, 9.17) is 0 Å². The highest BCUT2D eigenvalue weighted by Crippen LogP contribution is 2.16. The van der Waals surface area contributed by atoms with E-state index in [2.05, 4.69) is 50.0 Å². The Labute approximate surface area is 108 Å². The van der Waals surface area contributed by atoms with Gasteiger partial charge < -0.3 is 15.1 Å². The van der Waals surface area contributed by atoms with E-state index in [0.29, 0.717) is 6.04 Å². The molecule has 0 radical (unpaired) electrons. The first kappa shape index (κ1) is 14.9.